The van der Waals surface area contributed by atoms with Gasteiger partial charge in [0, 0.05) is 33.8 Å². The van der Waals surface area contributed by atoms with Crippen LogP contribution in [0.25, 0.3) is 0 Å². The van der Waals surface area contributed by atoms with Crippen LogP contribution in [0, 0.1) is 6.92 Å². The van der Waals surface area contributed by atoms with Crippen LogP contribution in [0.3, 0.4) is 0 Å². The number of rotatable bonds is 4. The summed E-state index contributed by atoms with van der Waals surface area (Å²) in [7, 11) is 0. The standard InChI is InChI=1S/C12H13NS2/c1-10-4-5-12(15-10)9-13-7-6-11-3-2-8-14-11/h2-5,8-9H,6-7H2,1H3. The van der Waals surface area contributed by atoms with E-state index in [4.69, 9.17) is 0 Å². The molecule has 0 aliphatic heterocycles. The number of hydrogen-bond acceptors (Lipinski definition) is 3. The lowest BCUT2D eigenvalue weighted by Gasteiger charge is -1.90. The summed E-state index contributed by atoms with van der Waals surface area (Å²) in [5, 5.41) is 2.11. The highest BCUT2D eigenvalue weighted by Crippen LogP contribution is 2.13. The zero-order valence-corrected chi connectivity index (χ0v) is 10.3. The van der Waals surface area contributed by atoms with Crippen molar-refractivity contribution in [2.75, 3.05) is 6.54 Å². The fraction of sp³-hybridized carbons (Fsp3) is 0.250. The summed E-state index contributed by atoms with van der Waals surface area (Å²) in [6.07, 6.45) is 3.03. The van der Waals surface area contributed by atoms with Gasteiger partial charge in [-0.2, -0.15) is 0 Å². The largest absolute Gasteiger partial charge is 0.291 e. The second-order valence-electron chi connectivity index (χ2n) is 3.31. The van der Waals surface area contributed by atoms with Crippen LogP contribution < -0.4 is 0 Å². The molecule has 1 nitrogen and oxygen atoms in total. The predicted octanol–water partition coefficient (Wildman–Crippen LogP) is 3.78. The highest BCUT2D eigenvalue weighted by Gasteiger charge is 1.93. The van der Waals surface area contributed by atoms with Crippen molar-refractivity contribution in [2.45, 2.75) is 13.3 Å². The first-order valence-corrected chi connectivity index (χ1v) is 6.63. The summed E-state index contributed by atoms with van der Waals surface area (Å²) >= 11 is 3.59. The highest BCUT2D eigenvalue weighted by atomic mass is 32.1. The van der Waals surface area contributed by atoms with Crippen molar-refractivity contribution in [1.29, 1.82) is 0 Å². The van der Waals surface area contributed by atoms with Gasteiger partial charge in [0.25, 0.3) is 0 Å². The van der Waals surface area contributed by atoms with Gasteiger partial charge in [0.1, 0.15) is 0 Å². The molecule has 0 saturated heterocycles. The van der Waals surface area contributed by atoms with Crippen LogP contribution in [0.1, 0.15) is 14.6 Å². The molecule has 15 heavy (non-hydrogen) atoms. The van der Waals surface area contributed by atoms with E-state index in [1.807, 2.05) is 6.21 Å². The minimum atomic E-state index is 0.886. The topological polar surface area (TPSA) is 12.4 Å². The molecule has 3 heteroatoms. The van der Waals surface area contributed by atoms with Crippen LogP contribution in [-0.4, -0.2) is 12.8 Å². The number of nitrogens with zero attached hydrogens (tertiary/aromatic N) is 1. The van der Waals surface area contributed by atoms with Gasteiger partial charge >= 0.3 is 0 Å². The summed E-state index contributed by atoms with van der Waals surface area (Å²) in [5.41, 5.74) is 0. The quantitative estimate of drug-likeness (QED) is 0.715. The van der Waals surface area contributed by atoms with Crippen molar-refractivity contribution in [3.05, 3.63) is 44.3 Å². The molecule has 0 fully saturated rings. The van der Waals surface area contributed by atoms with Gasteiger partial charge in [-0.3, -0.25) is 4.99 Å². The first-order chi connectivity index (χ1) is 7.34. The zero-order valence-electron chi connectivity index (χ0n) is 8.64. The Labute approximate surface area is 98.1 Å². The molecular weight excluding hydrogens is 222 g/mol. The molecule has 0 spiro atoms. The van der Waals surface area contributed by atoms with Crippen molar-refractivity contribution in [3.63, 3.8) is 0 Å². The average Bonchev–Trinajstić information content (AvgIpc) is 2.84. The molecule has 2 rings (SSSR count). The van der Waals surface area contributed by atoms with Gasteiger partial charge in [0.05, 0.1) is 0 Å². The number of thiophene rings is 2. The predicted molar refractivity (Wildman–Crippen MR) is 69.5 cm³/mol. The Balaban J connectivity index is 1.81. The third-order valence-corrected chi connectivity index (χ3v) is 3.92. The molecule has 0 bridgehead atoms. The maximum atomic E-state index is 4.42. The Kier molecular flexibility index (Phi) is 3.69. The van der Waals surface area contributed by atoms with Crippen LogP contribution >= 0.6 is 22.7 Å². The van der Waals surface area contributed by atoms with E-state index in [-0.39, 0.29) is 0 Å². The fourth-order valence-corrected chi connectivity index (χ4v) is 2.78. The van der Waals surface area contributed by atoms with Gasteiger partial charge in [-0.25, -0.2) is 0 Å². The van der Waals surface area contributed by atoms with Gasteiger partial charge < -0.3 is 0 Å². The normalized spacial score (nSPS) is 11.3. The monoisotopic (exact) mass is 235 g/mol. The molecule has 2 heterocycles. The van der Waals surface area contributed by atoms with Crippen molar-refractivity contribution in [1.82, 2.24) is 0 Å². The Morgan fingerprint density at radius 2 is 2.27 bits per heavy atom. The van der Waals surface area contributed by atoms with E-state index in [0.29, 0.717) is 0 Å². The minimum Gasteiger partial charge on any atom is -0.291 e. The minimum absolute atomic E-state index is 0.886. The SMILES string of the molecule is Cc1ccc(C=NCCc2cccs2)s1. The molecule has 0 radical (unpaired) electrons. The summed E-state index contributed by atoms with van der Waals surface area (Å²) < 4.78 is 0. The molecular formula is C12H13NS2. The maximum absolute atomic E-state index is 4.42. The first-order valence-electron chi connectivity index (χ1n) is 4.93. The third-order valence-electron chi connectivity index (χ3n) is 2.05. The number of hydrogen-bond donors (Lipinski definition) is 0. The van der Waals surface area contributed by atoms with Crippen molar-refractivity contribution in [2.24, 2.45) is 4.99 Å². The van der Waals surface area contributed by atoms with E-state index < -0.39 is 0 Å². The smallest absolute Gasteiger partial charge is 0.0451 e. The summed E-state index contributed by atoms with van der Waals surface area (Å²) in [6, 6.07) is 8.50. The van der Waals surface area contributed by atoms with Gasteiger partial charge in [-0.05, 0) is 30.5 Å². The molecule has 0 aromatic carbocycles. The third kappa shape index (κ3) is 3.29. The Bertz CT molecular complexity index is 426. The van der Waals surface area contributed by atoms with Gasteiger partial charge in [0.15, 0.2) is 0 Å². The summed E-state index contributed by atoms with van der Waals surface area (Å²) in [6.45, 7) is 3.01. The van der Waals surface area contributed by atoms with E-state index in [9.17, 15) is 0 Å². The first kappa shape index (κ1) is 10.6. The van der Waals surface area contributed by atoms with Crippen molar-refractivity contribution < 1.29 is 0 Å². The molecule has 0 atom stereocenters. The van der Waals surface area contributed by atoms with Crippen molar-refractivity contribution >= 4 is 28.9 Å². The molecule has 0 amide bonds. The van der Waals surface area contributed by atoms with E-state index in [1.165, 1.54) is 14.6 Å². The van der Waals surface area contributed by atoms with Crippen LogP contribution in [0.2, 0.25) is 0 Å². The van der Waals surface area contributed by atoms with Crippen LogP contribution in [-0.2, 0) is 6.42 Å². The molecule has 2 aromatic heterocycles. The Hall–Kier alpha value is -0.930. The lowest BCUT2D eigenvalue weighted by molar-refractivity contribution is 0.994. The van der Waals surface area contributed by atoms with E-state index in [0.717, 1.165) is 13.0 Å². The molecule has 0 unspecified atom stereocenters. The highest BCUT2D eigenvalue weighted by molar-refractivity contribution is 7.13. The molecule has 0 aliphatic rings. The van der Waals surface area contributed by atoms with Crippen LogP contribution in [0.15, 0.2) is 34.6 Å². The van der Waals surface area contributed by atoms with Crippen LogP contribution in [0.4, 0.5) is 0 Å². The van der Waals surface area contributed by atoms with Gasteiger partial charge in [-0.1, -0.05) is 6.07 Å². The van der Waals surface area contributed by atoms with E-state index in [1.54, 1.807) is 22.7 Å². The fourth-order valence-electron chi connectivity index (χ4n) is 1.31. The molecule has 0 saturated carbocycles. The maximum Gasteiger partial charge on any atom is 0.0451 e. The zero-order chi connectivity index (χ0) is 10.5. The van der Waals surface area contributed by atoms with Gasteiger partial charge in [0.2, 0.25) is 0 Å². The van der Waals surface area contributed by atoms with Gasteiger partial charge in [-0.15, -0.1) is 22.7 Å². The molecule has 0 aliphatic carbocycles. The number of aryl methyl sites for hydroxylation is 1. The summed E-state index contributed by atoms with van der Waals surface area (Å²) in [5.74, 6) is 0. The lowest BCUT2D eigenvalue weighted by Crippen LogP contribution is -1.86. The van der Waals surface area contributed by atoms with E-state index in [2.05, 4.69) is 41.6 Å². The molecule has 0 N–H and O–H groups in total. The average molecular weight is 235 g/mol. The second kappa shape index (κ2) is 5.24. The van der Waals surface area contributed by atoms with Crippen molar-refractivity contribution in [3.8, 4) is 0 Å². The second-order valence-corrected chi connectivity index (χ2v) is 5.66. The van der Waals surface area contributed by atoms with Crippen LogP contribution in [0.5, 0.6) is 0 Å². The Morgan fingerprint density at radius 3 is 2.93 bits per heavy atom. The number of aliphatic imine (C=N–C) groups is 1. The molecule has 78 valence electrons. The summed E-state index contributed by atoms with van der Waals surface area (Å²) in [4.78, 5) is 8.42. The Morgan fingerprint density at radius 1 is 1.33 bits per heavy atom. The van der Waals surface area contributed by atoms with E-state index >= 15 is 0 Å². The lowest BCUT2D eigenvalue weighted by atomic mass is 10.3. The molecule has 2 aromatic rings.